The zero-order chi connectivity index (χ0) is 13.8. The Balaban J connectivity index is 2.49. The predicted octanol–water partition coefficient (Wildman–Crippen LogP) is 5.23. The molecule has 19 heavy (non-hydrogen) atoms. The van der Waals surface area contributed by atoms with Crippen LogP contribution in [0.3, 0.4) is 0 Å². The van der Waals surface area contributed by atoms with Crippen LogP contribution >= 0.6 is 23.2 Å². The molecule has 1 aromatic carbocycles. The number of benzene rings is 1. The van der Waals surface area contributed by atoms with E-state index >= 15 is 0 Å². The standard InChI is InChI=1S/C15H16Cl2N2/c1-3-11(2)14(9-19-7-6-18-10-19)13-5-4-12(16)8-15(13)17/h4-11H,3H2,1-2H3. The summed E-state index contributed by atoms with van der Waals surface area (Å²) in [5.74, 6) is 0.404. The first kappa shape index (κ1) is 14.2. The van der Waals surface area contributed by atoms with Crippen molar-refractivity contribution in [2.24, 2.45) is 5.92 Å². The van der Waals surface area contributed by atoms with E-state index in [0.29, 0.717) is 16.0 Å². The number of rotatable bonds is 4. The second-order valence-electron chi connectivity index (χ2n) is 4.53. The van der Waals surface area contributed by atoms with Crippen molar-refractivity contribution in [3.63, 3.8) is 0 Å². The maximum absolute atomic E-state index is 6.32. The number of aromatic nitrogens is 2. The molecule has 1 heterocycles. The van der Waals surface area contributed by atoms with Crippen molar-refractivity contribution < 1.29 is 0 Å². The number of halogens is 2. The Kier molecular flexibility index (Phi) is 4.67. The highest BCUT2D eigenvalue weighted by Gasteiger charge is 2.13. The monoisotopic (exact) mass is 294 g/mol. The van der Waals surface area contributed by atoms with Crippen molar-refractivity contribution in [2.75, 3.05) is 0 Å². The minimum absolute atomic E-state index is 0.404. The highest BCUT2D eigenvalue weighted by molar-refractivity contribution is 6.35. The van der Waals surface area contributed by atoms with Gasteiger partial charge in [-0.15, -0.1) is 0 Å². The van der Waals surface area contributed by atoms with Crippen molar-refractivity contribution >= 4 is 35.0 Å². The average Bonchev–Trinajstić information content (AvgIpc) is 2.89. The Morgan fingerprint density at radius 2 is 2.21 bits per heavy atom. The quantitative estimate of drug-likeness (QED) is 0.754. The largest absolute Gasteiger partial charge is 0.313 e. The lowest BCUT2D eigenvalue weighted by Gasteiger charge is -2.16. The van der Waals surface area contributed by atoms with E-state index in [9.17, 15) is 0 Å². The van der Waals surface area contributed by atoms with E-state index in [2.05, 4.69) is 25.0 Å². The number of hydrogen-bond acceptors (Lipinski definition) is 1. The van der Waals surface area contributed by atoms with Crippen LogP contribution in [0, 0.1) is 5.92 Å². The molecule has 0 aliphatic carbocycles. The van der Waals surface area contributed by atoms with Crippen LogP contribution in [0.25, 0.3) is 11.8 Å². The van der Waals surface area contributed by atoms with Gasteiger partial charge in [-0.2, -0.15) is 0 Å². The molecule has 2 aromatic rings. The fourth-order valence-corrected chi connectivity index (χ4v) is 2.43. The predicted molar refractivity (Wildman–Crippen MR) is 82.3 cm³/mol. The van der Waals surface area contributed by atoms with Crippen LogP contribution in [-0.2, 0) is 0 Å². The summed E-state index contributed by atoms with van der Waals surface area (Å²) < 4.78 is 1.94. The molecule has 0 amide bonds. The molecule has 2 rings (SSSR count). The fraction of sp³-hybridized carbons (Fsp3) is 0.267. The summed E-state index contributed by atoms with van der Waals surface area (Å²) in [7, 11) is 0. The molecule has 0 radical (unpaired) electrons. The van der Waals surface area contributed by atoms with E-state index in [1.165, 1.54) is 5.57 Å². The van der Waals surface area contributed by atoms with E-state index in [-0.39, 0.29) is 0 Å². The lowest BCUT2D eigenvalue weighted by atomic mass is 9.92. The van der Waals surface area contributed by atoms with E-state index in [1.54, 1.807) is 18.6 Å². The summed E-state index contributed by atoms with van der Waals surface area (Å²) in [5.41, 5.74) is 2.20. The molecule has 1 unspecified atom stereocenters. The van der Waals surface area contributed by atoms with Gasteiger partial charge in [0.15, 0.2) is 0 Å². The van der Waals surface area contributed by atoms with Crippen molar-refractivity contribution in [3.05, 3.63) is 52.5 Å². The van der Waals surface area contributed by atoms with Crippen LogP contribution < -0.4 is 0 Å². The molecule has 0 fully saturated rings. The molecule has 0 saturated heterocycles. The Bertz CT molecular complexity index is 574. The van der Waals surface area contributed by atoms with Gasteiger partial charge >= 0.3 is 0 Å². The van der Waals surface area contributed by atoms with Crippen LogP contribution in [0.15, 0.2) is 36.9 Å². The molecule has 0 N–H and O–H groups in total. The van der Waals surface area contributed by atoms with Gasteiger partial charge in [-0.25, -0.2) is 4.98 Å². The van der Waals surface area contributed by atoms with Gasteiger partial charge in [0.1, 0.15) is 0 Å². The summed E-state index contributed by atoms with van der Waals surface area (Å²) in [6, 6.07) is 5.62. The molecule has 100 valence electrons. The zero-order valence-corrected chi connectivity index (χ0v) is 12.5. The zero-order valence-electron chi connectivity index (χ0n) is 11.0. The Labute approximate surface area is 123 Å². The van der Waals surface area contributed by atoms with Crippen LogP contribution in [-0.4, -0.2) is 9.55 Å². The molecule has 0 spiro atoms. The Hall–Kier alpha value is -1.25. The van der Waals surface area contributed by atoms with E-state index in [4.69, 9.17) is 23.2 Å². The lowest BCUT2D eigenvalue weighted by Crippen LogP contribution is -2.00. The maximum Gasteiger partial charge on any atom is 0.0986 e. The van der Waals surface area contributed by atoms with Crippen molar-refractivity contribution in [1.82, 2.24) is 9.55 Å². The molecule has 0 aliphatic heterocycles. The third-order valence-corrected chi connectivity index (χ3v) is 3.75. The highest BCUT2D eigenvalue weighted by atomic mass is 35.5. The van der Waals surface area contributed by atoms with Crippen molar-refractivity contribution in [1.29, 1.82) is 0 Å². The number of imidazole rings is 1. The molecular weight excluding hydrogens is 279 g/mol. The van der Waals surface area contributed by atoms with Gasteiger partial charge in [0.25, 0.3) is 0 Å². The van der Waals surface area contributed by atoms with Gasteiger partial charge in [0.05, 0.1) is 6.33 Å². The summed E-state index contributed by atoms with van der Waals surface area (Å²) in [5, 5.41) is 1.33. The van der Waals surface area contributed by atoms with E-state index in [1.807, 2.05) is 22.9 Å². The Morgan fingerprint density at radius 1 is 1.42 bits per heavy atom. The van der Waals surface area contributed by atoms with Gasteiger partial charge < -0.3 is 4.57 Å². The van der Waals surface area contributed by atoms with Gasteiger partial charge in [-0.3, -0.25) is 0 Å². The van der Waals surface area contributed by atoms with Crippen LogP contribution in [0.4, 0.5) is 0 Å². The summed E-state index contributed by atoms with van der Waals surface area (Å²) in [6.07, 6.45) is 8.54. The van der Waals surface area contributed by atoms with Gasteiger partial charge in [-0.1, -0.05) is 43.1 Å². The fourth-order valence-electron chi connectivity index (χ4n) is 1.91. The first-order valence-corrected chi connectivity index (χ1v) is 7.02. The molecule has 2 nitrogen and oxygen atoms in total. The second kappa shape index (κ2) is 6.27. The summed E-state index contributed by atoms with van der Waals surface area (Å²) >= 11 is 12.3. The molecule has 0 aliphatic rings. The minimum Gasteiger partial charge on any atom is -0.313 e. The average molecular weight is 295 g/mol. The lowest BCUT2D eigenvalue weighted by molar-refractivity contribution is 0.718. The minimum atomic E-state index is 0.404. The van der Waals surface area contributed by atoms with Crippen molar-refractivity contribution in [2.45, 2.75) is 20.3 Å². The number of nitrogens with zero attached hydrogens (tertiary/aromatic N) is 2. The molecule has 4 heteroatoms. The van der Waals surface area contributed by atoms with E-state index in [0.717, 1.165) is 12.0 Å². The third kappa shape index (κ3) is 3.40. The third-order valence-electron chi connectivity index (χ3n) is 3.20. The molecule has 1 aromatic heterocycles. The number of hydrogen-bond donors (Lipinski definition) is 0. The first-order chi connectivity index (χ1) is 9.11. The Morgan fingerprint density at radius 3 is 2.79 bits per heavy atom. The second-order valence-corrected chi connectivity index (χ2v) is 5.37. The van der Waals surface area contributed by atoms with Crippen molar-refractivity contribution in [3.8, 4) is 0 Å². The number of allylic oxidation sites excluding steroid dienone is 1. The topological polar surface area (TPSA) is 17.8 Å². The smallest absolute Gasteiger partial charge is 0.0986 e. The van der Waals surface area contributed by atoms with Crippen LogP contribution in [0.2, 0.25) is 10.0 Å². The van der Waals surface area contributed by atoms with Crippen LogP contribution in [0.1, 0.15) is 25.8 Å². The normalized spacial score (nSPS) is 13.6. The SMILES string of the molecule is CCC(C)C(=Cn1ccnc1)c1ccc(Cl)cc1Cl. The molecule has 1 atom stereocenters. The maximum atomic E-state index is 6.32. The molecular formula is C15H16Cl2N2. The van der Waals surface area contributed by atoms with Crippen LogP contribution in [0.5, 0.6) is 0 Å². The summed E-state index contributed by atoms with van der Waals surface area (Å²) in [4.78, 5) is 4.05. The first-order valence-electron chi connectivity index (χ1n) is 6.26. The molecule has 0 bridgehead atoms. The molecule has 0 saturated carbocycles. The van der Waals surface area contributed by atoms with Gasteiger partial charge in [0, 0.05) is 28.6 Å². The summed E-state index contributed by atoms with van der Waals surface area (Å²) in [6.45, 7) is 4.35. The highest BCUT2D eigenvalue weighted by Crippen LogP contribution is 2.33. The van der Waals surface area contributed by atoms with E-state index < -0.39 is 0 Å². The van der Waals surface area contributed by atoms with Gasteiger partial charge in [0.2, 0.25) is 0 Å². The van der Waals surface area contributed by atoms with Gasteiger partial charge in [-0.05, 0) is 35.6 Å².